The number of halogens is 2. The molecule has 0 aliphatic carbocycles. The van der Waals surface area contributed by atoms with Crippen LogP contribution in [0.1, 0.15) is 26.2 Å². The quantitative estimate of drug-likeness (QED) is 0.702. The lowest BCUT2D eigenvalue weighted by Crippen LogP contribution is -2.32. The van der Waals surface area contributed by atoms with E-state index in [1.54, 1.807) is 6.92 Å². The van der Waals surface area contributed by atoms with Gasteiger partial charge in [0.25, 0.3) is 11.8 Å². The molecule has 0 N–H and O–H groups in total. The van der Waals surface area contributed by atoms with Gasteiger partial charge in [-0.1, -0.05) is 6.58 Å². The molecular formula is C14H20F2N2O2. The van der Waals surface area contributed by atoms with Gasteiger partial charge in [0.15, 0.2) is 11.7 Å². The number of rotatable bonds is 6. The summed E-state index contributed by atoms with van der Waals surface area (Å²) in [5, 5.41) is 0. The highest BCUT2D eigenvalue weighted by atomic mass is 19.1. The standard InChI is InChI=1S/C14H20F2N2O2/c1-3-17(13(19)11(2)15)10-6-7-12(16)14(20)18-8-4-5-9-18/h7H,2-6,8-10H2,1H3/b12-7-. The summed E-state index contributed by atoms with van der Waals surface area (Å²) < 4.78 is 26.4. The summed E-state index contributed by atoms with van der Waals surface area (Å²) in [7, 11) is 0. The Balaban J connectivity index is 2.47. The van der Waals surface area contributed by atoms with Crippen LogP contribution in [0.4, 0.5) is 8.78 Å². The molecule has 0 aromatic heterocycles. The minimum absolute atomic E-state index is 0.152. The van der Waals surface area contributed by atoms with Gasteiger partial charge in [-0.2, -0.15) is 0 Å². The first-order chi connectivity index (χ1) is 9.47. The zero-order chi connectivity index (χ0) is 15.1. The molecule has 0 spiro atoms. The van der Waals surface area contributed by atoms with Gasteiger partial charge in [0.1, 0.15) is 0 Å². The molecule has 0 aromatic rings. The molecule has 0 saturated carbocycles. The van der Waals surface area contributed by atoms with Gasteiger partial charge in [-0.3, -0.25) is 9.59 Å². The molecule has 1 aliphatic heterocycles. The monoisotopic (exact) mass is 286 g/mol. The molecule has 0 aromatic carbocycles. The number of nitrogens with zero attached hydrogens (tertiary/aromatic N) is 2. The van der Waals surface area contributed by atoms with Gasteiger partial charge >= 0.3 is 0 Å². The first-order valence-corrected chi connectivity index (χ1v) is 6.76. The molecule has 1 aliphatic rings. The van der Waals surface area contributed by atoms with E-state index < -0.39 is 23.5 Å². The molecule has 1 rings (SSSR count). The van der Waals surface area contributed by atoms with Crippen molar-refractivity contribution in [1.82, 2.24) is 9.80 Å². The first kappa shape index (κ1) is 16.3. The molecule has 0 unspecified atom stereocenters. The average Bonchev–Trinajstić information content (AvgIpc) is 2.95. The fourth-order valence-corrected chi connectivity index (χ4v) is 2.08. The van der Waals surface area contributed by atoms with Gasteiger partial charge in [0, 0.05) is 26.2 Å². The van der Waals surface area contributed by atoms with E-state index in [4.69, 9.17) is 0 Å². The van der Waals surface area contributed by atoms with Crippen LogP contribution in [-0.2, 0) is 9.59 Å². The number of carbonyl (C=O) groups excluding carboxylic acids is 2. The van der Waals surface area contributed by atoms with E-state index in [1.807, 2.05) is 0 Å². The Morgan fingerprint density at radius 1 is 1.30 bits per heavy atom. The predicted molar refractivity (Wildman–Crippen MR) is 72.1 cm³/mol. The zero-order valence-electron chi connectivity index (χ0n) is 11.7. The minimum Gasteiger partial charge on any atom is -0.337 e. The van der Waals surface area contributed by atoms with E-state index in [1.165, 1.54) is 9.80 Å². The largest absolute Gasteiger partial charge is 0.337 e. The van der Waals surface area contributed by atoms with Crippen molar-refractivity contribution in [2.45, 2.75) is 26.2 Å². The maximum absolute atomic E-state index is 13.6. The second kappa shape index (κ2) is 7.77. The zero-order valence-corrected chi connectivity index (χ0v) is 11.7. The number of likely N-dealkylation sites (N-methyl/N-ethyl adjacent to an activating group) is 1. The van der Waals surface area contributed by atoms with Gasteiger partial charge in [-0.15, -0.1) is 0 Å². The molecule has 1 heterocycles. The van der Waals surface area contributed by atoms with E-state index >= 15 is 0 Å². The van der Waals surface area contributed by atoms with E-state index in [0.29, 0.717) is 19.6 Å². The SMILES string of the molecule is C=C(F)C(=O)N(CC)CC/C=C(\F)C(=O)N1CCCC1. The first-order valence-electron chi connectivity index (χ1n) is 6.76. The Labute approximate surface area is 117 Å². The van der Waals surface area contributed by atoms with Crippen LogP contribution in [0.25, 0.3) is 0 Å². The van der Waals surface area contributed by atoms with Crippen molar-refractivity contribution >= 4 is 11.8 Å². The Morgan fingerprint density at radius 3 is 2.40 bits per heavy atom. The van der Waals surface area contributed by atoms with Crippen LogP contribution in [0.2, 0.25) is 0 Å². The van der Waals surface area contributed by atoms with Crippen molar-refractivity contribution in [3.05, 3.63) is 24.3 Å². The summed E-state index contributed by atoms with van der Waals surface area (Å²) in [5.41, 5.74) is 0. The third kappa shape index (κ3) is 4.43. The van der Waals surface area contributed by atoms with E-state index in [0.717, 1.165) is 18.9 Å². The molecule has 20 heavy (non-hydrogen) atoms. The number of hydrogen-bond acceptors (Lipinski definition) is 2. The van der Waals surface area contributed by atoms with Crippen molar-refractivity contribution in [2.24, 2.45) is 0 Å². The summed E-state index contributed by atoms with van der Waals surface area (Å²) in [5.74, 6) is -3.25. The van der Waals surface area contributed by atoms with Crippen LogP contribution in [0.5, 0.6) is 0 Å². The predicted octanol–water partition coefficient (Wildman–Crippen LogP) is 2.18. The second-order valence-corrected chi connectivity index (χ2v) is 4.63. The number of amides is 2. The molecule has 1 fully saturated rings. The topological polar surface area (TPSA) is 40.6 Å². The highest BCUT2D eigenvalue weighted by molar-refractivity contribution is 5.91. The summed E-state index contributed by atoms with van der Waals surface area (Å²) in [6.07, 6.45) is 3.11. The van der Waals surface area contributed by atoms with Crippen LogP contribution >= 0.6 is 0 Å². The van der Waals surface area contributed by atoms with Crippen molar-refractivity contribution in [2.75, 3.05) is 26.2 Å². The van der Waals surface area contributed by atoms with E-state index in [-0.39, 0.29) is 13.0 Å². The highest BCUT2D eigenvalue weighted by Gasteiger charge is 2.21. The summed E-state index contributed by atoms with van der Waals surface area (Å²) in [6.45, 7) is 6.25. The number of likely N-dealkylation sites (tertiary alicyclic amines) is 1. The smallest absolute Gasteiger partial charge is 0.282 e. The van der Waals surface area contributed by atoms with Gasteiger partial charge in [-0.25, -0.2) is 8.78 Å². The summed E-state index contributed by atoms with van der Waals surface area (Å²) >= 11 is 0. The molecule has 0 atom stereocenters. The van der Waals surface area contributed by atoms with Crippen molar-refractivity contribution in [3.8, 4) is 0 Å². The van der Waals surface area contributed by atoms with Crippen molar-refractivity contribution in [3.63, 3.8) is 0 Å². The van der Waals surface area contributed by atoms with Crippen LogP contribution in [-0.4, -0.2) is 47.8 Å². The van der Waals surface area contributed by atoms with Crippen molar-refractivity contribution < 1.29 is 18.4 Å². The fraction of sp³-hybridized carbons (Fsp3) is 0.571. The van der Waals surface area contributed by atoms with E-state index in [9.17, 15) is 18.4 Å². The Hall–Kier alpha value is -1.72. The lowest BCUT2D eigenvalue weighted by Gasteiger charge is -2.18. The highest BCUT2D eigenvalue weighted by Crippen LogP contribution is 2.13. The maximum Gasteiger partial charge on any atom is 0.282 e. The molecular weight excluding hydrogens is 266 g/mol. The minimum atomic E-state index is -1.04. The Kier molecular flexibility index (Phi) is 6.35. The van der Waals surface area contributed by atoms with Gasteiger partial charge in [-0.05, 0) is 32.3 Å². The van der Waals surface area contributed by atoms with Crippen LogP contribution < -0.4 is 0 Å². The lowest BCUT2D eigenvalue weighted by atomic mass is 10.3. The molecule has 112 valence electrons. The average molecular weight is 286 g/mol. The Bertz CT molecular complexity index is 415. The van der Waals surface area contributed by atoms with Crippen molar-refractivity contribution in [1.29, 1.82) is 0 Å². The van der Waals surface area contributed by atoms with Crippen LogP contribution in [0.3, 0.4) is 0 Å². The second-order valence-electron chi connectivity index (χ2n) is 4.63. The lowest BCUT2D eigenvalue weighted by molar-refractivity contribution is -0.128. The summed E-state index contributed by atoms with van der Waals surface area (Å²) in [6, 6.07) is 0. The number of carbonyl (C=O) groups is 2. The molecule has 0 radical (unpaired) electrons. The van der Waals surface area contributed by atoms with Crippen LogP contribution in [0.15, 0.2) is 24.3 Å². The normalized spacial score (nSPS) is 15.3. The van der Waals surface area contributed by atoms with Gasteiger partial charge in [0.2, 0.25) is 0 Å². The molecule has 4 nitrogen and oxygen atoms in total. The van der Waals surface area contributed by atoms with E-state index in [2.05, 4.69) is 6.58 Å². The number of hydrogen-bond donors (Lipinski definition) is 0. The fourth-order valence-electron chi connectivity index (χ4n) is 2.08. The molecule has 2 amide bonds. The van der Waals surface area contributed by atoms with Gasteiger partial charge < -0.3 is 9.80 Å². The maximum atomic E-state index is 13.6. The van der Waals surface area contributed by atoms with Gasteiger partial charge in [0.05, 0.1) is 0 Å². The molecule has 0 bridgehead atoms. The van der Waals surface area contributed by atoms with Crippen LogP contribution in [0, 0.1) is 0 Å². The molecule has 1 saturated heterocycles. The third-order valence-corrected chi connectivity index (χ3v) is 3.22. The third-order valence-electron chi connectivity index (χ3n) is 3.22. The molecule has 6 heteroatoms. The Morgan fingerprint density at radius 2 is 1.90 bits per heavy atom. The summed E-state index contributed by atoms with van der Waals surface area (Å²) in [4.78, 5) is 25.7.